The summed E-state index contributed by atoms with van der Waals surface area (Å²) >= 11 is 6.31. The second kappa shape index (κ2) is 8.04. The summed E-state index contributed by atoms with van der Waals surface area (Å²) in [6.07, 6.45) is 3.48. The first kappa shape index (κ1) is 20.5. The third-order valence-corrected chi connectivity index (χ3v) is 7.13. The van der Waals surface area contributed by atoms with Crippen LogP contribution in [0.3, 0.4) is 0 Å². The SMILES string of the molecule is Cn1ncc(C(=O)c2ccc(OC(F)F)c(N=S3(=O)CCCCC3)c2Cl)c1O. The molecule has 0 aliphatic carbocycles. The van der Waals surface area contributed by atoms with Crippen molar-refractivity contribution in [2.45, 2.75) is 25.9 Å². The number of aromatic nitrogens is 2. The molecule has 0 amide bonds. The topological polar surface area (TPSA) is 93.8 Å². The van der Waals surface area contributed by atoms with Crippen LogP contribution in [-0.4, -0.2) is 43.0 Å². The van der Waals surface area contributed by atoms with Crippen molar-refractivity contribution in [3.8, 4) is 11.6 Å². The lowest BCUT2D eigenvalue weighted by Gasteiger charge is -2.17. The van der Waals surface area contributed by atoms with E-state index in [-0.39, 0.29) is 33.5 Å². The number of nitrogens with zero attached hydrogens (tertiary/aromatic N) is 3. The Labute approximate surface area is 165 Å². The van der Waals surface area contributed by atoms with Gasteiger partial charge < -0.3 is 9.84 Å². The Balaban J connectivity index is 2.14. The Morgan fingerprint density at radius 1 is 1.32 bits per heavy atom. The quantitative estimate of drug-likeness (QED) is 0.722. The van der Waals surface area contributed by atoms with E-state index in [1.165, 1.54) is 13.1 Å². The summed E-state index contributed by atoms with van der Waals surface area (Å²) in [5, 5.41) is 13.5. The van der Waals surface area contributed by atoms with E-state index in [0.717, 1.165) is 23.4 Å². The van der Waals surface area contributed by atoms with E-state index in [0.29, 0.717) is 24.3 Å². The minimum absolute atomic E-state index is 0.0934. The molecule has 1 aromatic carbocycles. The van der Waals surface area contributed by atoms with Crippen LogP contribution in [0.2, 0.25) is 5.02 Å². The first-order valence-corrected chi connectivity index (χ1v) is 10.7. The molecule has 1 aliphatic rings. The molecule has 0 radical (unpaired) electrons. The fourth-order valence-electron chi connectivity index (χ4n) is 2.93. The lowest BCUT2D eigenvalue weighted by molar-refractivity contribution is -0.0494. The van der Waals surface area contributed by atoms with Crippen molar-refractivity contribution in [3.05, 3.63) is 34.5 Å². The molecule has 0 bridgehead atoms. The van der Waals surface area contributed by atoms with Crippen molar-refractivity contribution in [1.29, 1.82) is 0 Å². The molecule has 0 unspecified atom stereocenters. The maximum atomic E-state index is 13.0. The molecule has 2 heterocycles. The maximum Gasteiger partial charge on any atom is 0.387 e. The fourth-order valence-corrected chi connectivity index (χ4v) is 5.47. The molecule has 2 aromatic rings. The molecule has 11 heteroatoms. The average molecular weight is 434 g/mol. The van der Waals surface area contributed by atoms with Crippen molar-refractivity contribution in [3.63, 3.8) is 0 Å². The molecule has 0 atom stereocenters. The molecule has 0 saturated carbocycles. The van der Waals surface area contributed by atoms with Crippen LogP contribution in [0.1, 0.15) is 35.2 Å². The third-order valence-electron chi connectivity index (χ3n) is 4.38. The summed E-state index contributed by atoms with van der Waals surface area (Å²) in [7, 11) is -1.25. The number of carbonyl (C=O) groups is 1. The first-order valence-electron chi connectivity index (χ1n) is 8.47. The zero-order valence-electron chi connectivity index (χ0n) is 14.9. The first-order chi connectivity index (χ1) is 13.2. The molecule has 28 heavy (non-hydrogen) atoms. The Morgan fingerprint density at radius 3 is 2.57 bits per heavy atom. The van der Waals surface area contributed by atoms with Crippen molar-refractivity contribution in [2.24, 2.45) is 11.4 Å². The van der Waals surface area contributed by atoms with E-state index in [2.05, 4.69) is 14.2 Å². The van der Waals surface area contributed by atoms with Crippen LogP contribution in [0.15, 0.2) is 22.7 Å². The summed E-state index contributed by atoms with van der Waals surface area (Å²) in [5.74, 6) is -0.766. The number of hydrogen-bond donors (Lipinski definition) is 1. The van der Waals surface area contributed by atoms with Crippen LogP contribution >= 0.6 is 11.6 Å². The van der Waals surface area contributed by atoms with Gasteiger partial charge in [-0.1, -0.05) is 18.0 Å². The number of benzene rings is 1. The van der Waals surface area contributed by atoms with Gasteiger partial charge in [0.05, 0.1) is 20.9 Å². The summed E-state index contributed by atoms with van der Waals surface area (Å²) in [4.78, 5) is 12.8. The molecule has 152 valence electrons. The highest BCUT2D eigenvalue weighted by molar-refractivity contribution is 7.93. The van der Waals surface area contributed by atoms with Gasteiger partial charge >= 0.3 is 6.61 Å². The fraction of sp³-hybridized carbons (Fsp3) is 0.412. The standard InChI is InChI=1S/C17H18ClF2N3O4S/c1-23-16(25)11(9-21-23)15(24)10-5-6-12(27-17(19)20)14(13(10)18)22-28(26)7-3-2-4-8-28/h5-6,9,17,25H,2-4,7-8H2,1H3. The Kier molecular flexibility index (Phi) is 5.90. The predicted molar refractivity (Wildman–Crippen MR) is 100 cm³/mol. The van der Waals surface area contributed by atoms with Crippen LogP contribution in [0, 0.1) is 0 Å². The minimum atomic E-state index is -3.14. The van der Waals surface area contributed by atoms with Gasteiger partial charge in [-0.15, -0.1) is 0 Å². The number of ketones is 1. The van der Waals surface area contributed by atoms with Crippen LogP contribution in [0.25, 0.3) is 0 Å². The van der Waals surface area contributed by atoms with E-state index in [1.54, 1.807) is 0 Å². The zero-order chi connectivity index (χ0) is 20.5. The zero-order valence-corrected chi connectivity index (χ0v) is 16.5. The predicted octanol–water partition coefficient (Wildman–Crippen LogP) is 3.89. The maximum absolute atomic E-state index is 13.0. The number of halogens is 3. The van der Waals surface area contributed by atoms with E-state index >= 15 is 0 Å². The normalized spacial score (nSPS) is 16.2. The van der Waals surface area contributed by atoms with Gasteiger partial charge in [-0.25, -0.2) is 8.89 Å². The van der Waals surface area contributed by atoms with Crippen molar-refractivity contribution in [1.82, 2.24) is 9.78 Å². The molecule has 7 nitrogen and oxygen atoms in total. The summed E-state index contributed by atoms with van der Waals surface area (Å²) in [5.41, 5.74) is -0.452. The number of ether oxygens (including phenoxy) is 1. The molecule has 1 saturated heterocycles. The highest BCUT2D eigenvalue weighted by Gasteiger charge is 2.25. The molecule has 1 fully saturated rings. The van der Waals surface area contributed by atoms with Gasteiger partial charge in [-0.05, 0) is 25.0 Å². The van der Waals surface area contributed by atoms with Crippen LogP contribution in [0.4, 0.5) is 14.5 Å². The number of hydrogen-bond acceptors (Lipinski definition) is 6. The Bertz CT molecular complexity index is 1020. The molecule has 1 N–H and O–H groups in total. The van der Waals surface area contributed by atoms with Crippen molar-refractivity contribution < 1.29 is 27.6 Å². The summed E-state index contributed by atoms with van der Waals surface area (Å²) in [6.45, 7) is -3.14. The van der Waals surface area contributed by atoms with Crippen LogP contribution < -0.4 is 4.74 Å². The molecule has 1 aromatic heterocycles. The van der Waals surface area contributed by atoms with Crippen molar-refractivity contribution >= 4 is 32.8 Å². The van der Waals surface area contributed by atoms with Gasteiger partial charge in [0.1, 0.15) is 11.3 Å². The van der Waals surface area contributed by atoms with Gasteiger partial charge in [-0.3, -0.25) is 4.79 Å². The van der Waals surface area contributed by atoms with Gasteiger partial charge in [-0.2, -0.15) is 18.2 Å². The largest absolute Gasteiger partial charge is 0.493 e. The van der Waals surface area contributed by atoms with E-state index in [1.807, 2.05) is 0 Å². The lowest BCUT2D eigenvalue weighted by Crippen LogP contribution is -2.16. The summed E-state index contributed by atoms with van der Waals surface area (Å²) < 4.78 is 48.3. The molecular formula is C17H18ClF2N3O4S. The van der Waals surface area contributed by atoms with Crippen LogP contribution in [0.5, 0.6) is 11.6 Å². The highest BCUT2D eigenvalue weighted by atomic mass is 35.5. The van der Waals surface area contributed by atoms with Gasteiger partial charge in [0.25, 0.3) is 0 Å². The van der Waals surface area contributed by atoms with E-state index in [4.69, 9.17) is 11.6 Å². The molecule has 3 rings (SSSR count). The van der Waals surface area contributed by atoms with E-state index < -0.39 is 22.1 Å². The molecule has 0 spiro atoms. The van der Waals surface area contributed by atoms with Gasteiger partial charge in [0.2, 0.25) is 11.7 Å². The monoisotopic (exact) mass is 433 g/mol. The van der Waals surface area contributed by atoms with Gasteiger partial charge in [0, 0.05) is 24.1 Å². The number of rotatable bonds is 5. The van der Waals surface area contributed by atoms with Crippen molar-refractivity contribution in [2.75, 3.05) is 11.5 Å². The number of aryl methyl sites for hydroxylation is 1. The number of alkyl halides is 2. The van der Waals surface area contributed by atoms with E-state index in [9.17, 15) is 22.9 Å². The Morgan fingerprint density at radius 2 is 2.00 bits per heavy atom. The minimum Gasteiger partial charge on any atom is -0.493 e. The number of carbonyl (C=O) groups excluding carboxylic acids is 1. The lowest BCUT2D eigenvalue weighted by atomic mass is 10.0. The Hall–Kier alpha value is -2.20. The smallest absolute Gasteiger partial charge is 0.387 e. The van der Waals surface area contributed by atoms with Gasteiger partial charge in [0.15, 0.2) is 5.75 Å². The second-order valence-electron chi connectivity index (χ2n) is 6.32. The molecular weight excluding hydrogens is 416 g/mol. The second-order valence-corrected chi connectivity index (χ2v) is 9.24. The number of aromatic hydroxyl groups is 1. The summed E-state index contributed by atoms with van der Waals surface area (Å²) in [6, 6.07) is 2.32. The molecule has 1 aliphatic heterocycles. The average Bonchev–Trinajstić information content (AvgIpc) is 2.97. The van der Waals surface area contributed by atoms with Crippen LogP contribution in [-0.2, 0) is 16.8 Å². The highest BCUT2D eigenvalue weighted by Crippen LogP contribution is 2.41. The third kappa shape index (κ3) is 4.12.